The zero-order valence-electron chi connectivity index (χ0n) is 11.0. The topological polar surface area (TPSA) is 0 Å². The molecule has 0 aliphatic heterocycles. The van der Waals surface area contributed by atoms with E-state index in [1.807, 2.05) is 0 Å². The molecule has 1 aromatic rings. The molecule has 0 atom stereocenters. The van der Waals surface area contributed by atoms with E-state index >= 15 is 0 Å². The highest BCUT2D eigenvalue weighted by atomic mass is 14.2. The van der Waals surface area contributed by atoms with Gasteiger partial charge in [-0.15, -0.1) is 0 Å². The third-order valence-corrected chi connectivity index (χ3v) is 3.79. The molecule has 15 heavy (non-hydrogen) atoms. The fourth-order valence-corrected chi connectivity index (χ4v) is 2.17. The lowest BCUT2D eigenvalue weighted by atomic mass is 9.87. The summed E-state index contributed by atoms with van der Waals surface area (Å²) in [6.45, 7) is 13.4. The van der Waals surface area contributed by atoms with Gasteiger partial charge in [-0.05, 0) is 62.4 Å². The van der Waals surface area contributed by atoms with Gasteiger partial charge in [-0.25, -0.2) is 0 Å². The summed E-state index contributed by atoms with van der Waals surface area (Å²) in [6.07, 6.45) is 4.64. The van der Waals surface area contributed by atoms with Gasteiger partial charge in [0.25, 0.3) is 0 Å². The Morgan fingerprint density at radius 3 is 1.53 bits per heavy atom. The summed E-state index contributed by atoms with van der Waals surface area (Å²) >= 11 is 0. The summed E-state index contributed by atoms with van der Waals surface area (Å²) in [5, 5.41) is 0. The van der Waals surface area contributed by atoms with Crippen molar-refractivity contribution in [2.24, 2.45) is 0 Å². The molecular formula is C15H23-. The van der Waals surface area contributed by atoms with Crippen molar-refractivity contribution in [3.63, 3.8) is 0 Å². The van der Waals surface area contributed by atoms with Crippen LogP contribution in [0.4, 0.5) is 0 Å². The molecule has 1 rings (SSSR count). The predicted octanol–water partition coefficient (Wildman–Crippen LogP) is 4.39. The summed E-state index contributed by atoms with van der Waals surface area (Å²) in [5.74, 6) is 0. The van der Waals surface area contributed by atoms with Crippen molar-refractivity contribution in [2.45, 2.75) is 54.4 Å². The van der Waals surface area contributed by atoms with Crippen molar-refractivity contribution in [2.75, 3.05) is 0 Å². The van der Waals surface area contributed by atoms with Gasteiger partial charge in [0.2, 0.25) is 0 Å². The van der Waals surface area contributed by atoms with E-state index in [4.69, 9.17) is 0 Å². The van der Waals surface area contributed by atoms with Gasteiger partial charge in [-0.2, -0.15) is 12.8 Å². The lowest BCUT2D eigenvalue weighted by Gasteiger charge is -2.21. The highest BCUT2D eigenvalue weighted by Gasteiger charge is 2.09. The number of hydrogen-bond acceptors (Lipinski definition) is 0. The highest BCUT2D eigenvalue weighted by Crippen LogP contribution is 2.26. The lowest BCUT2D eigenvalue weighted by Crippen LogP contribution is -2.03. The molecule has 0 unspecified atom stereocenters. The lowest BCUT2D eigenvalue weighted by molar-refractivity contribution is 0.965. The van der Waals surface area contributed by atoms with Crippen LogP contribution in [0.15, 0.2) is 0 Å². The van der Waals surface area contributed by atoms with Crippen LogP contribution in [-0.2, 0) is 6.42 Å². The first-order valence-electron chi connectivity index (χ1n) is 5.88. The zero-order chi connectivity index (χ0) is 11.6. The Bertz CT molecular complexity index is 330. The molecule has 84 valence electrons. The van der Waals surface area contributed by atoms with Crippen molar-refractivity contribution in [1.29, 1.82) is 0 Å². The third kappa shape index (κ3) is 2.25. The minimum Gasteiger partial charge on any atom is -0.324 e. The van der Waals surface area contributed by atoms with Crippen LogP contribution in [0.2, 0.25) is 0 Å². The Morgan fingerprint density at radius 1 is 0.733 bits per heavy atom. The largest absolute Gasteiger partial charge is 0.324 e. The van der Waals surface area contributed by atoms with Crippen molar-refractivity contribution < 1.29 is 0 Å². The average molecular weight is 203 g/mol. The van der Waals surface area contributed by atoms with Crippen LogP contribution in [0, 0.1) is 41.0 Å². The molecule has 1 aromatic carbocycles. The molecule has 0 heterocycles. The summed E-state index contributed by atoms with van der Waals surface area (Å²) < 4.78 is 0. The maximum absolute atomic E-state index is 2.36. The van der Waals surface area contributed by atoms with Crippen molar-refractivity contribution in [3.05, 3.63) is 39.8 Å². The van der Waals surface area contributed by atoms with E-state index in [2.05, 4.69) is 48.0 Å². The van der Waals surface area contributed by atoms with Crippen molar-refractivity contribution in [1.82, 2.24) is 0 Å². The Hall–Kier alpha value is -0.780. The quantitative estimate of drug-likeness (QED) is 0.639. The molecule has 0 saturated carbocycles. The van der Waals surface area contributed by atoms with E-state index in [1.165, 1.54) is 33.4 Å². The van der Waals surface area contributed by atoms with E-state index in [0.717, 1.165) is 12.8 Å². The Kier molecular flexibility index (Phi) is 3.96. The molecule has 0 N–H and O–H groups in total. The van der Waals surface area contributed by atoms with E-state index < -0.39 is 0 Å². The second kappa shape index (κ2) is 4.83. The van der Waals surface area contributed by atoms with Gasteiger partial charge >= 0.3 is 0 Å². The highest BCUT2D eigenvalue weighted by molar-refractivity contribution is 5.49. The maximum Gasteiger partial charge on any atom is -0.0392 e. The number of hydrogen-bond donors (Lipinski definition) is 0. The average Bonchev–Trinajstić information content (AvgIpc) is 2.24. The monoisotopic (exact) mass is 203 g/mol. The number of benzene rings is 1. The molecule has 0 aliphatic rings. The number of unbranched alkanes of at least 4 members (excludes halogenated alkanes) is 1. The first-order chi connectivity index (χ1) is 7.00. The molecule has 0 aromatic heterocycles. The van der Waals surface area contributed by atoms with Gasteiger partial charge in [0.15, 0.2) is 0 Å². The SMILES string of the molecule is CC[CH-]Cc1c(C)c(C)c(C)c(C)c1C. The fourth-order valence-electron chi connectivity index (χ4n) is 2.17. The van der Waals surface area contributed by atoms with Gasteiger partial charge in [0.05, 0.1) is 0 Å². The summed E-state index contributed by atoms with van der Waals surface area (Å²) in [7, 11) is 0. The standard InChI is InChI=1S/C15H23/c1-7-8-9-15-13(5)11(3)10(2)12(4)14(15)6/h8H,7,9H2,1-6H3/q-1. The van der Waals surface area contributed by atoms with Gasteiger partial charge in [0.1, 0.15) is 0 Å². The van der Waals surface area contributed by atoms with Crippen LogP contribution >= 0.6 is 0 Å². The fraction of sp³-hybridized carbons (Fsp3) is 0.533. The van der Waals surface area contributed by atoms with Crippen LogP contribution in [-0.4, -0.2) is 0 Å². The minimum atomic E-state index is 1.12. The molecule has 0 aliphatic carbocycles. The van der Waals surface area contributed by atoms with Crippen molar-refractivity contribution in [3.8, 4) is 0 Å². The summed E-state index contributed by atoms with van der Waals surface area (Å²) in [4.78, 5) is 0. The molecule has 0 nitrogen and oxygen atoms in total. The second-order valence-corrected chi connectivity index (χ2v) is 4.50. The molecule has 0 amide bonds. The molecule has 0 fully saturated rings. The van der Waals surface area contributed by atoms with E-state index in [0.29, 0.717) is 0 Å². The molecule has 0 radical (unpaired) electrons. The molecule has 0 saturated heterocycles. The van der Waals surface area contributed by atoms with Crippen LogP contribution in [0.25, 0.3) is 0 Å². The normalized spacial score (nSPS) is 10.8. The zero-order valence-corrected chi connectivity index (χ0v) is 11.0. The van der Waals surface area contributed by atoms with Crippen LogP contribution < -0.4 is 0 Å². The summed E-state index contributed by atoms with van der Waals surface area (Å²) in [6, 6.07) is 0. The maximum atomic E-state index is 2.36. The van der Waals surface area contributed by atoms with Crippen molar-refractivity contribution >= 4 is 0 Å². The van der Waals surface area contributed by atoms with Crippen LogP contribution in [0.5, 0.6) is 0 Å². The second-order valence-electron chi connectivity index (χ2n) is 4.50. The van der Waals surface area contributed by atoms with Gasteiger partial charge in [-0.3, -0.25) is 0 Å². The predicted molar refractivity (Wildman–Crippen MR) is 68.4 cm³/mol. The Balaban J connectivity index is 3.26. The van der Waals surface area contributed by atoms with Gasteiger partial charge in [-0.1, -0.05) is 12.5 Å². The minimum absolute atomic E-state index is 1.12. The van der Waals surface area contributed by atoms with E-state index in [1.54, 1.807) is 0 Å². The Labute approximate surface area is 94.7 Å². The molecule has 0 spiro atoms. The third-order valence-electron chi connectivity index (χ3n) is 3.79. The molecule has 0 heteroatoms. The Morgan fingerprint density at radius 2 is 1.13 bits per heavy atom. The van der Waals surface area contributed by atoms with Gasteiger partial charge in [0, 0.05) is 0 Å². The first-order valence-corrected chi connectivity index (χ1v) is 5.88. The number of rotatable bonds is 3. The van der Waals surface area contributed by atoms with E-state index in [9.17, 15) is 0 Å². The van der Waals surface area contributed by atoms with E-state index in [-0.39, 0.29) is 0 Å². The smallest absolute Gasteiger partial charge is 0.0392 e. The van der Waals surface area contributed by atoms with Gasteiger partial charge < -0.3 is 6.42 Å². The van der Waals surface area contributed by atoms with Crippen LogP contribution in [0.1, 0.15) is 46.7 Å². The first kappa shape index (κ1) is 12.3. The van der Waals surface area contributed by atoms with Crippen LogP contribution in [0.3, 0.4) is 0 Å². The summed E-state index contributed by atoms with van der Waals surface area (Å²) in [5.41, 5.74) is 8.92. The molecule has 0 bridgehead atoms. The molecular weight excluding hydrogens is 180 g/mol.